The van der Waals surface area contributed by atoms with Gasteiger partial charge < -0.3 is 4.74 Å². The van der Waals surface area contributed by atoms with Gasteiger partial charge in [-0.2, -0.15) is 0 Å². The van der Waals surface area contributed by atoms with E-state index in [4.69, 9.17) is 11.6 Å². The van der Waals surface area contributed by atoms with Gasteiger partial charge in [-0.25, -0.2) is 0 Å². The van der Waals surface area contributed by atoms with Gasteiger partial charge in [0.15, 0.2) is 0 Å². The number of esters is 1. The van der Waals surface area contributed by atoms with E-state index < -0.39 is 10.9 Å². The molecule has 0 saturated heterocycles. The third kappa shape index (κ3) is 2.70. The zero-order valence-electron chi connectivity index (χ0n) is 8.82. The Bertz CT molecular complexity index is 445. The molecule has 0 bridgehead atoms. The van der Waals surface area contributed by atoms with E-state index in [1.807, 2.05) is 0 Å². The van der Waals surface area contributed by atoms with Gasteiger partial charge in [0.2, 0.25) is 0 Å². The number of carbonyl (C=O) groups excluding carboxylic acids is 1. The van der Waals surface area contributed by atoms with E-state index in [0.717, 1.165) is 0 Å². The van der Waals surface area contributed by atoms with Gasteiger partial charge in [-0.05, 0) is 18.6 Å². The molecule has 6 heteroatoms. The van der Waals surface area contributed by atoms with Crippen molar-refractivity contribution in [2.75, 3.05) is 7.11 Å². The molecule has 16 heavy (non-hydrogen) atoms. The number of nitrogens with zero attached hydrogens (tertiary/aromatic N) is 1. The highest BCUT2D eigenvalue weighted by Crippen LogP contribution is 2.27. The summed E-state index contributed by atoms with van der Waals surface area (Å²) in [7, 11) is 1.23. The van der Waals surface area contributed by atoms with Gasteiger partial charge in [0.25, 0.3) is 5.69 Å². The van der Waals surface area contributed by atoms with E-state index in [-0.39, 0.29) is 12.1 Å². The quantitative estimate of drug-likeness (QED) is 0.464. The van der Waals surface area contributed by atoms with Crippen molar-refractivity contribution >= 4 is 23.3 Å². The molecule has 0 atom stereocenters. The van der Waals surface area contributed by atoms with Gasteiger partial charge in [0, 0.05) is 11.6 Å². The van der Waals surface area contributed by atoms with Gasteiger partial charge in [-0.15, -0.1) is 0 Å². The van der Waals surface area contributed by atoms with Crippen molar-refractivity contribution in [3.05, 3.63) is 38.4 Å². The van der Waals surface area contributed by atoms with Crippen LogP contribution in [-0.2, 0) is 16.0 Å². The maximum Gasteiger partial charge on any atom is 0.310 e. The third-order valence-electron chi connectivity index (χ3n) is 2.12. The van der Waals surface area contributed by atoms with Crippen molar-refractivity contribution < 1.29 is 14.5 Å². The molecule has 0 radical (unpaired) electrons. The number of rotatable bonds is 3. The maximum absolute atomic E-state index is 11.1. The highest BCUT2D eigenvalue weighted by Gasteiger charge is 2.18. The topological polar surface area (TPSA) is 69.4 Å². The van der Waals surface area contributed by atoms with Crippen LogP contribution in [0, 0.1) is 17.0 Å². The molecule has 86 valence electrons. The SMILES string of the molecule is COC(=O)Cc1cc(C)c(Cl)cc1[N+](=O)[O-]. The summed E-state index contributed by atoms with van der Waals surface area (Å²) in [5, 5.41) is 11.1. The van der Waals surface area contributed by atoms with Gasteiger partial charge in [-0.3, -0.25) is 14.9 Å². The summed E-state index contributed by atoms with van der Waals surface area (Å²) in [5.74, 6) is -0.523. The van der Waals surface area contributed by atoms with Gasteiger partial charge in [-0.1, -0.05) is 11.6 Å². The van der Waals surface area contributed by atoms with E-state index in [2.05, 4.69) is 4.74 Å². The molecular weight excluding hydrogens is 234 g/mol. The lowest BCUT2D eigenvalue weighted by Crippen LogP contribution is -2.07. The first-order chi connectivity index (χ1) is 7.45. The molecule has 0 N–H and O–H groups in total. The molecular formula is C10H10ClNO4. The van der Waals surface area contributed by atoms with Crippen molar-refractivity contribution in [3.8, 4) is 0 Å². The minimum absolute atomic E-state index is 0.134. The average Bonchev–Trinajstić information content (AvgIpc) is 2.22. The number of hydrogen-bond acceptors (Lipinski definition) is 4. The first kappa shape index (κ1) is 12.4. The number of benzene rings is 1. The first-order valence-corrected chi connectivity index (χ1v) is 4.83. The lowest BCUT2D eigenvalue weighted by Gasteiger charge is -2.04. The molecule has 5 nitrogen and oxygen atoms in total. The van der Waals surface area contributed by atoms with E-state index in [1.165, 1.54) is 19.2 Å². The summed E-state index contributed by atoms with van der Waals surface area (Å²) in [4.78, 5) is 21.3. The molecule has 0 saturated carbocycles. The summed E-state index contributed by atoms with van der Waals surface area (Å²) in [6.07, 6.45) is -0.134. The van der Waals surface area contributed by atoms with Crippen LogP contribution >= 0.6 is 11.6 Å². The standard InChI is InChI=1S/C10H10ClNO4/c1-6-3-7(4-10(13)16-2)9(12(14)15)5-8(6)11/h3,5H,4H2,1-2H3. The van der Waals surface area contributed by atoms with Crippen LogP contribution in [0.4, 0.5) is 5.69 Å². The summed E-state index contributed by atoms with van der Waals surface area (Å²) < 4.78 is 4.46. The second-order valence-electron chi connectivity index (χ2n) is 3.24. The molecule has 1 aromatic rings. The lowest BCUT2D eigenvalue weighted by atomic mass is 10.1. The van der Waals surface area contributed by atoms with Crippen LogP contribution < -0.4 is 0 Å². The summed E-state index contributed by atoms with van der Waals surface area (Å²) >= 11 is 5.78. The molecule has 0 amide bonds. The molecule has 0 unspecified atom stereocenters. The minimum Gasteiger partial charge on any atom is -0.469 e. The Kier molecular flexibility index (Phi) is 3.84. The fourth-order valence-corrected chi connectivity index (χ4v) is 1.43. The number of ether oxygens (including phenoxy) is 1. The Balaban J connectivity index is 3.19. The normalized spacial score (nSPS) is 9.94. The Morgan fingerprint density at radius 2 is 2.19 bits per heavy atom. The molecule has 0 aliphatic rings. The average molecular weight is 244 g/mol. The fraction of sp³-hybridized carbons (Fsp3) is 0.300. The van der Waals surface area contributed by atoms with Crippen molar-refractivity contribution in [3.63, 3.8) is 0 Å². The second-order valence-corrected chi connectivity index (χ2v) is 3.65. The van der Waals surface area contributed by atoms with Crippen LogP contribution in [0.3, 0.4) is 0 Å². The predicted octanol–water partition coefficient (Wildman–Crippen LogP) is 2.27. The number of hydrogen-bond donors (Lipinski definition) is 0. The van der Waals surface area contributed by atoms with Crippen LogP contribution in [0.1, 0.15) is 11.1 Å². The molecule has 0 spiro atoms. The second kappa shape index (κ2) is 4.94. The molecule has 1 rings (SSSR count). The van der Waals surface area contributed by atoms with Crippen molar-refractivity contribution in [2.45, 2.75) is 13.3 Å². The van der Waals surface area contributed by atoms with Crippen LogP contribution in [0.2, 0.25) is 5.02 Å². The summed E-state index contributed by atoms with van der Waals surface area (Å²) in [6.45, 7) is 1.72. The number of aryl methyl sites for hydroxylation is 1. The Hall–Kier alpha value is -1.62. The van der Waals surface area contributed by atoms with E-state index >= 15 is 0 Å². The highest BCUT2D eigenvalue weighted by atomic mass is 35.5. The molecule has 0 aliphatic heterocycles. The van der Waals surface area contributed by atoms with Gasteiger partial charge in [0.1, 0.15) is 0 Å². The fourth-order valence-electron chi connectivity index (χ4n) is 1.27. The van der Waals surface area contributed by atoms with Crippen LogP contribution in [0.25, 0.3) is 0 Å². The van der Waals surface area contributed by atoms with Crippen molar-refractivity contribution in [1.82, 2.24) is 0 Å². The Morgan fingerprint density at radius 3 is 2.69 bits per heavy atom. The van der Waals surface area contributed by atoms with Crippen molar-refractivity contribution in [1.29, 1.82) is 0 Å². The number of methoxy groups -OCH3 is 1. The van der Waals surface area contributed by atoms with E-state index in [1.54, 1.807) is 6.92 Å². The number of halogens is 1. The number of nitro benzene ring substituents is 1. The smallest absolute Gasteiger partial charge is 0.310 e. The zero-order valence-corrected chi connectivity index (χ0v) is 9.58. The summed E-state index contributed by atoms with van der Waals surface area (Å²) in [6, 6.07) is 2.77. The van der Waals surface area contributed by atoms with Gasteiger partial charge >= 0.3 is 5.97 Å². The molecule has 0 aliphatic carbocycles. The Morgan fingerprint density at radius 1 is 1.56 bits per heavy atom. The molecule has 1 aromatic carbocycles. The minimum atomic E-state index is -0.566. The predicted molar refractivity (Wildman–Crippen MR) is 58.6 cm³/mol. The number of carbonyl (C=O) groups is 1. The monoisotopic (exact) mass is 243 g/mol. The van der Waals surface area contributed by atoms with E-state index in [0.29, 0.717) is 16.1 Å². The largest absolute Gasteiger partial charge is 0.469 e. The highest BCUT2D eigenvalue weighted by molar-refractivity contribution is 6.31. The first-order valence-electron chi connectivity index (χ1n) is 4.46. The van der Waals surface area contributed by atoms with Gasteiger partial charge in [0.05, 0.1) is 23.5 Å². The van der Waals surface area contributed by atoms with Crippen LogP contribution in [-0.4, -0.2) is 18.0 Å². The maximum atomic E-state index is 11.1. The molecule has 0 fully saturated rings. The van der Waals surface area contributed by atoms with Crippen LogP contribution in [0.15, 0.2) is 12.1 Å². The summed E-state index contributed by atoms with van der Waals surface area (Å²) in [5.41, 5.74) is 0.825. The zero-order chi connectivity index (χ0) is 12.3. The Labute approximate surface area is 97.1 Å². The molecule has 0 aromatic heterocycles. The van der Waals surface area contributed by atoms with Crippen LogP contribution in [0.5, 0.6) is 0 Å². The lowest BCUT2D eigenvalue weighted by molar-refractivity contribution is -0.385. The van der Waals surface area contributed by atoms with Crippen molar-refractivity contribution in [2.24, 2.45) is 0 Å². The molecule has 0 heterocycles. The van der Waals surface area contributed by atoms with E-state index in [9.17, 15) is 14.9 Å². The third-order valence-corrected chi connectivity index (χ3v) is 2.53. The number of nitro groups is 1.